The van der Waals surface area contributed by atoms with Crippen LogP contribution in [-0.2, 0) is 6.42 Å². The largest absolute Gasteiger partial charge is 0.271 e. The van der Waals surface area contributed by atoms with Gasteiger partial charge in [-0.25, -0.2) is 0 Å². The van der Waals surface area contributed by atoms with Crippen LogP contribution in [0.5, 0.6) is 0 Å². The van der Waals surface area contributed by atoms with Crippen LogP contribution in [-0.4, -0.2) is 0 Å². The topological polar surface area (TPSA) is 38.0 Å². The standard InChI is InChI=1S/C15H24N2/c1-3-12-7-6-8-13(11-12)14(17-16)15(2)9-4-5-10-15/h6-8,11,14,17H,3-5,9-10,16H2,1-2H3. The van der Waals surface area contributed by atoms with Gasteiger partial charge >= 0.3 is 0 Å². The van der Waals surface area contributed by atoms with Gasteiger partial charge in [-0.15, -0.1) is 0 Å². The van der Waals surface area contributed by atoms with Gasteiger partial charge in [-0.05, 0) is 35.8 Å². The third kappa shape index (κ3) is 2.53. The van der Waals surface area contributed by atoms with Gasteiger partial charge in [0.15, 0.2) is 0 Å². The van der Waals surface area contributed by atoms with E-state index in [1.54, 1.807) is 0 Å². The zero-order valence-electron chi connectivity index (χ0n) is 11.0. The monoisotopic (exact) mass is 232 g/mol. The van der Waals surface area contributed by atoms with E-state index in [-0.39, 0.29) is 6.04 Å². The molecule has 0 saturated heterocycles. The summed E-state index contributed by atoms with van der Waals surface area (Å²) in [4.78, 5) is 0. The third-order valence-corrected chi connectivity index (χ3v) is 4.30. The predicted molar refractivity (Wildman–Crippen MR) is 72.5 cm³/mol. The number of aryl methyl sites for hydroxylation is 1. The Hall–Kier alpha value is -0.860. The first-order valence-corrected chi connectivity index (χ1v) is 6.74. The molecule has 1 aromatic carbocycles. The molecule has 0 spiro atoms. The lowest BCUT2D eigenvalue weighted by molar-refractivity contribution is 0.225. The molecule has 1 aliphatic carbocycles. The fourth-order valence-corrected chi connectivity index (χ4v) is 3.16. The summed E-state index contributed by atoms with van der Waals surface area (Å²) >= 11 is 0. The highest BCUT2D eigenvalue weighted by molar-refractivity contribution is 5.27. The van der Waals surface area contributed by atoms with Crippen molar-refractivity contribution in [3.05, 3.63) is 35.4 Å². The molecule has 0 heterocycles. The Kier molecular flexibility index (Phi) is 3.85. The fourth-order valence-electron chi connectivity index (χ4n) is 3.16. The van der Waals surface area contributed by atoms with Gasteiger partial charge in [-0.3, -0.25) is 11.3 Å². The molecule has 0 bridgehead atoms. The molecular formula is C15H24N2. The summed E-state index contributed by atoms with van der Waals surface area (Å²) in [5.74, 6) is 5.81. The SMILES string of the molecule is CCc1cccc(C(NN)C2(C)CCCC2)c1. The normalized spacial score (nSPS) is 20.4. The second kappa shape index (κ2) is 5.19. The van der Waals surface area contributed by atoms with Gasteiger partial charge < -0.3 is 0 Å². The zero-order valence-corrected chi connectivity index (χ0v) is 11.0. The number of hydrogen-bond donors (Lipinski definition) is 2. The maximum atomic E-state index is 5.81. The molecule has 17 heavy (non-hydrogen) atoms. The van der Waals surface area contributed by atoms with E-state index in [4.69, 9.17) is 5.84 Å². The van der Waals surface area contributed by atoms with Crippen molar-refractivity contribution >= 4 is 0 Å². The van der Waals surface area contributed by atoms with Crippen molar-refractivity contribution in [1.29, 1.82) is 0 Å². The average molecular weight is 232 g/mol. The number of hydrogen-bond acceptors (Lipinski definition) is 2. The third-order valence-electron chi connectivity index (χ3n) is 4.30. The van der Waals surface area contributed by atoms with E-state index in [9.17, 15) is 0 Å². The van der Waals surface area contributed by atoms with E-state index in [0.717, 1.165) is 6.42 Å². The highest BCUT2D eigenvalue weighted by Gasteiger charge is 2.37. The number of benzene rings is 1. The Morgan fingerprint density at radius 3 is 2.65 bits per heavy atom. The minimum absolute atomic E-state index is 0.288. The van der Waals surface area contributed by atoms with Crippen molar-refractivity contribution in [3.63, 3.8) is 0 Å². The second-order valence-electron chi connectivity index (χ2n) is 5.56. The summed E-state index contributed by atoms with van der Waals surface area (Å²) in [5, 5.41) is 0. The van der Waals surface area contributed by atoms with Crippen LogP contribution in [0.3, 0.4) is 0 Å². The second-order valence-corrected chi connectivity index (χ2v) is 5.56. The molecule has 2 rings (SSSR count). The van der Waals surface area contributed by atoms with Crippen LogP contribution in [0.25, 0.3) is 0 Å². The van der Waals surface area contributed by atoms with Crippen molar-refractivity contribution in [2.24, 2.45) is 11.3 Å². The summed E-state index contributed by atoms with van der Waals surface area (Å²) in [6.45, 7) is 4.56. The van der Waals surface area contributed by atoms with Crippen LogP contribution in [0.2, 0.25) is 0 Å². The molecule has 2 heteroatoms. The van der Waals surface area contributed by atoms with E-state index >= 15 is 0 Å². The number of nitrogens with two attached hydrogens (primary N) is 1. The number of rotatable bonds is 4. The molecule has 2 nitrogen and oxygen atoms in total. The van der Waals surface area contributed by atoms with Gasteiger partial charge in [-0.1, -0.05) is 51.0 Å². The van der Waals surface area contributed by atoms with Crippen molar-refractivity contribution in [3.8, 4) is 0 Å². The van der Waals surface area contributed by atoms with Crippen molar-refractivity contribution in [2.45, 2.75) is 52.0 Å². The van der Waals surface area contributed by atoms with Crippen molar-refractivity contribution in [2.75, 3.05) is 0 Å². The molecule has 1 aliphatic rings. The first kappa shape index (κ1) is 12.6. The van der Waals surface area contributed by atoms with Gasteiger partial charge in [0.05, 0.1) is 6.04 Å². The lowest BCUT2D eigenvalue weighted by Crippen LogP contribution is -2.38. The van der Waals surface area contributed by atoms with Crippen LogP contribution in [0.15, 0.2) is 24.3 Å². The summed E-state index contributed by atoms with van der Waals surface area (Å²) < 4.78 is 0. The first-order chi connectivity index (χ1) is 8.19. The summed E-state index contributed by atoms with van der Waals surface area (Å²) in [6.07, 6.45) is 6.31. The Morgan fingerprint density at radius 1 is 1.35 bits per heavy atom. The maximum Gasteiger partial charge on any atom is 0.0513 e. The van der Waals surface area contributed by atoms with E-state index in [1.165, 1.54) is 36.8 Å². The van der Waals surface area contributed by atoms with E-state index in [0.29, 0.717) is 5.41 Å². The highest BCUT2D eigenvalue weighted by Crippen LogP contribution is 2.46. The minimum atomic E-state index is 0.288. The fraction of sp³-hybridized carbons (Fsp3) is 0.600. The Balaban J connectivity index is 2.27. The molecule has 0 amide bonds. The summed E-state index contributed by atoms with van der Waals surface area (Å²) in [7, 11) is 0. The smallest absolute Gasteiger partial charge is 0.0513 e. The van der Waals surface area contributed by atoms with Gasteiger partial charge in [0, 0.05) is 0 Å². The molecule has 0 aliphatic heterocycles. The molecular weight excluding hydrogens is 208 g/mol. The molecule has 1 saturated carbocycles. The van der Waals surface area contributed by atoms with Crippen LogP contribution < -0.4 is 11.3 Å². The lowest BCUT2D eigenvalue weighted by Gasteiger charge is -2.34. The Bertz CT molecular complexity index is 367. The van der Waals surface area contributed by atoms with Crippen molar-refractivity contribution < 1.29 is 0 Å². The maximum absolute atomic E-state index is 5.81. The number of nitrogens with one attached hydrogen (secondary N) is 1. The van der Waals surface area contributed by atoms with Crippen LogP contribution in [0.1, 0.15) is 56.7 Å². The zero-order chi connectivity index (χ0) is 12.3. The van der Waals surface area contributed by atoms with Crippen LogP contribution in [0.4, 0.5) is 0 Å². The highest BCUT2D eigenvalue weighted by atomic mass is 15.2. The van der Waals surface area contributed by atoms with Crippen LogP contribution >= 0.6 is 0 Å². The van der Waals surface area contributed by atoms with E-state index in [2.05, 4.69) is 43.5 Å². The molecule has 0 aromatic heterocycles. The molecule has 1 unspecified atom stereocenters. The molecule has 1 fully saturated rings. The van der Waals surface area contributed by atoms with Crippen LogP contribution in [0, 0.1) is 5.41 Å². The van der Waals surface area contributed by atoms with Gasteiger partial charge in [0.1, 0.15) is 0 Å². The van der Waals surface area contributed by atoms with Crippen molar-refractivity contribution in [1.82, 2.24) is 5.43 Å². The Morgan fingerprint density at radius 2 is 2.06 bits per heavy atom. The minimum Gasteiger partial charge on any atom is -0.271 e. The van der Waals surface area contributed by atoms with E-state index < -0.39 is 0 Å². The Labute approximate surface area is 105 Å². The molecule has 94 valence electrons. The first-order valence-electron chi connectivity index (χ1n) is 6.74. The van der Waals surface area contributed by atoms with Gasteiger partial charge in [0.2, 0.25) is 0 Å². The number of hydrazine groups is 1. The molecule has 1 aromatic rings. The predicted octanol–water partition coefficient (Wildman–Crippen LogP) is 3.33. The summed E-state index contributed by atoms with van der Waals surface area (Å²) in [5.41, 5.74) is 6.11. The quantitative estimate of drug-likeness (QED) is 0.617. The molecule has 3 N–H and O–H groups in total. The average Bonchev–Trinajstić information content (AvgIpc) is 2.78. The lowest BCUT2D eigenvalue weighted by atomic mass is 9.77. The van der Waals surface area contributed by atoms with Gasteiger partial charge in [-0.2, -0.15) is 0 Å². The summed E-state index contributed by atoms with van der Waals surface area (Å²) in [6, 6.07) is 9.13. The van der Waals surface area contributed by atoms with E-state index in [1.807, 2.05) is 0 Å². The van der Waals surface area contributed by atoms with Gasteiger partial charge in [0.25, 0.3) is 0 Å². The molecule has 1 atom stereocenters. The molecule has 0 radical (unpaired) electrons.